The number of hydrogen-bond acceptors (Lipinski definition) is 3. The van der Waals surface area contributed by atoms with Gasteiger partial charge in [0.2, 0.25) is 0 Å². The normalized spacial score (nSPS) is 25.2. The molecular formula is C17H27ClNO3+. The van der Waals surface area contributed by atoms with Crippen molar-refractivity contribution < 1.29 is 19.1 Å². The second-order valence-corrected chi connectivity index (χ2v) is 6.47. The molecule has 1 saturated heterocycles. The minimum absolute atomic E-state index is 0.338. The Kier molecular flexibility index (Phi) is 6.96. The topological polar surface area (TPSA) is 32.1 Å². The Morgan fingerprint density at radius 2 is 1.91 bits per heavy atom. The van der Waals surface area contributed by atoms with Crippen LogP contribution in [0.1, 0.15) is 19.4 Å². The van der Waals surface area contributed by atoms with Crippen molar-refractivity contribution in [1.82, 2.24) is 0 Å². The SMILES string of the molecule is Cc1ccc(Cl)c(OCCOCC[NH+]2C[C@H](C)O[C@@H](C)C2)c1. The van der Waals surface area contributed by atoms with Crippen LogP contribution < -0.4 is 9.64 Å². The maximum Gasteiger partial charge on any atom is 0.138 e. The summed E-state index contributed by atoms with van der Waals surface area (Å²) in [5, 5.41) is 0.645. The summed E-state index contributed by atoms with van der Waals surface area (Å²) in [6, 6.07) is 5.78. The molecule has 0 aromatic heterocycles. The molecule has 0 radical (unpaired) electrons. The second kappa shape index (κ2) is 8.73. The van der Waals surface area contributed by atoms with Gasteiger partial charge in [0.1, 0.15) is 44.2 Å². The fraction of sp³-hybridized carbons (Fsp3) is 0.647. The molecule has 1 aliphatic rings. The lowest BCUT2D eigenvalue weighted by Gasteiger charge is -2.32. The summed E-state index contributed by atoms with van der Waals surface area (Å²) in [6.45, 7) is 11.3. The van der Waals surface area contributed by atoms with Gasteiger partial charge in [0.25, 0.3) is 0 Å². The number of aryl methyl sites for hydroxylation is 1. The molecule has 1 fully saturated rings. The Hall–Kier alpha value is -0.810. The molecule has 0 aliphatic carbocycles. The fourth-order valence-electron chi connectivity index (χ4n) is 2.84. The average Bonchev–Trinajstić information content (AvgIpc) is 2.45. The Morgan fingerprint density at radius 1 is 1.18 bits per heavy atom. The Balaban J connectivity index is 1.58. The van der Waals surface area contributed by atoms with Crippen molar-refractivity contribution in [1.29, 1.82) is 0 Å². The molecule has 2 atom stereocenters. The van der Waals surface area contributed by atoms with Crippen LogP contribution in [-0.2, 0) is 9.47 Å². The van der Waals surface area contributed by atoms with E-state index in [-0.39, 0.29) is 0 Å². The zero-order valence-electron chi connectivity index (χ0n) is 13.7. The highest BCUT2D eigenvalue weighted by Crippen LogP contribution is 2.24. The van der Waals surface area contributed by atoms with Crippen molar-refractivity contribution in [3.63, 3.8) is 0 Å². The van der Waals surface area contributed by atoms with E-state index in [0.717, 1.165) is 37.6 Å². The summed E-state index contributed by atoms with van der Waals surface area (Å²) in [5.41, 5.74) is 1.14. The molecule has 1 aromatic carbocycles. The summed E-state index contributed by atoms with van der Waals surface area (Å²) < 4.78 is 17.1. The summed E-state index contributed by atoms with van der Waals surface area (Å²) in [5.74, 6) is 0.728. The summed E-state index contributed by atoms with van der Waals surface area (Å²) >= 11 is 6.08. The third kappa shape index (κ3) is 5.76. The van der Waals surface area contributed by atoms with Gasteiger partial charge in [-0.15, -0.1) is 0 Å². The smallest absolute Gasteiger partial charge is 0.138 e. The molecular weight excluding hydrogens is 302 g/mol. The lowest BCUT2D eigenvalue weighted by atomic mass is 10.2. The molecule has 0 bridgehead atoms. The molecule has 0 unspecified atom stereocenters. The first-order valence-electron chi connectivity index (χ1n) is 8.00. The maximum absolute atomic E-state index is 6.08. The van der Waals surface area contributed by atoms with E-state index in [1.54, 1.807) is 4.90 Å². The van der Waals surface area contributed by atoms with Gasteiger partial charge < -0.3 is 19.1 Å². The molecule has 1 aliphatic heterocycles. The summed E-state index contributed by atoms with van der Waals surface area (Å²) in [4.78, 5) is 1.55. The monoisotopic (exact) mass is 328 g/mol. The van der Waals surface area contributed by atoms with Crippen LogP contribution >= 0.6 is 11.6 Å². The number of benzene rings is 1. The lowest BCUT2D eigenvalue weighted by molar-refractivity contribution is -0.915. The van der Waals surface area contributed by atoms with Crippen molar-refractivity contribution in [3.05, 3.63) is 28.8 Å². The van der Waals surface area contributed by atoms with Gasteiger partial charge in [-0.05, 0) is 38.5 Å². The fourth-order valence-corrected chi connectivity index (χ4v) is 3.02. The Morgan fingerprint density at radius 3 is 2.64 bits per heavy atom. The number of ether oxygens (including phenoxy) is 3. The van der Waals surface area contributed by atoms with Gasteiger partial charge >= 0.3 is 0 Å². The van der Waals surface area contributed by atoms with Crippen LogP contribution in [0.2, 0.25) is 5.02 Å². The molecule has 1 heterocycles. The van der Waals surface area contributed by atoms with E-state index in [0.29, 0.717) is 30.4 Å². The zero-order chi connectivity index (χ0) is 15.9. The number of halogens is 1. The Bertz CT molecular complexity index is 459. The number of nitrogens with one attached hydrogen (secondary N) is 1. The van der Waals surface area contributed by atoms with Crippen molar-refractivity contribution in [2.24, 2.45) is 0 Å². The van der Waals surface area contributed by atoms with Crippen molar-refractivity contribution in [3.8, 4) is 5.75 Å². The molecule has 4 nitrogen and oxygen atoms in total. The van der Waals surface area contributed by atoms with Crippen LogP contribution in [0.5, 0.6) is 5.75 Å². The van der Waals surface area contributed by atoms with Gasteiger partial charge in [0, 0.05) is 0 Å². The molecule has 1 aromatic rings. The van der Waals surface area contributed by atoms with Gasteiger partial charge in [-0.3, -0.25) is 0 Å². The third-order valence-corrected chi connectivity index (χ3v) is 4.10. The van der Waals surface area contributed by atoms with Crippen LogP contribution in [-0.4, -0.2) is 51.7 Å². The first-order chi connectivity index (χ1) is 10.5. The zero-order valence-corrected chi connectivity index (χ0v) is 14.5. The molecule has 124 valence electrons. The van der Waals surface area contributed by atoms with E-state index >= 15 is 0 Å². The quantitative estimate of drug-likeness (QED) is 0.774. The van der Waals surface area contributed by atoms with Crippen LogP contribution in [0.15, 0.2) is 18.2 Å². The summed E-state index contributed by atoms with van der Waals surface area (Å²) in [7, 11) is 0. The molecule has 0 spiro atoms. The van der Waals surface area contributed by atoms with Crippen LogP contribution in [0.3, 0.4) is 0 Å². The molecule has 1 N–H and O–H groups in total. The van der Waals surface area contributed by atoms with Crippen LogP contribution in [0.4, 0.5) is 0 Å². The largest absolute Gasteiger partial charge is 0.490 e. The predicted octanol–water partition coefficient (Wildman–Crippen LogP) is 1.74. The minimum atomic E-state index is 0.338. The number of rotatable bonds is 7. The molecule has 22 heavy (non-hydrogen) atoms. The highest BCUT2D eigenvalue weighted by molar-refractivity contribution is 6.32. The second-order valence-electron chi connectivity index (χ2n) is 6.06. The first-order valence-corrected chi connectivity index (χ1v) is 8.38. The van der Waals surface area contributed by atoms with Crippen LogP contribution in [0.25, 0.3) is 0 Å². The lowest BCUT2D eigenvalue weighted by Crippen LogP contribution is -3.15. The van der Waals surface area contributed by atoms with E-state index in [1.165, 1.54) is 0 Å². The van der Waals surface area contributed by atoms with Gasteiger partial charge in [-0.1, -0.05) is 17.7 Å². The minimum Gasteiger partial charge on any atom is -0.490 e. The van der Waals surface area contributed by atoms with Gasteiger partial charge in [0.15, 0.2) is 0 Å². The summed E-state index contributed by atoms with van der Waals surface area (Å²) in [6.07, 6.45) is 0.677. The first kappa shape index (κ1) is 17.5. The highest BCUT2D eigenvalue weighted by Gasteiger charge is 2.24. The number of quaternary nitrogens is 1. The van der Waals surface area contributed by atoms with E-state index in [2.05, 4.69) is 13.8 Å². The van der Waals surface area contributed by atoms with Gasteiger partial charge in [-0.2, -0.15) is 0 Å². The van der Waals surface area contributed by atoms with Gasteiger partial charge in [-0.25, -0.2) is 0 Å². The molecule has 5 heteroatoms. The van der Waals surface area contributed by atoms with Crippen molar-refractivity contribution in [2.45, 2.75) is 33.0 Å². The maximum atomic E-state index is 6.08. The predicted molar refractivity (Wildman–Crippen MR) is 88.1 cm³/mol. The third-order valence-electron chi connectivity index (χ3n) is 3.79. The highest BCUT2D eigenvalue weighted by atomic mass is 35.5. The molecule has 0 amide bonds. The van der Waals surface area contributed by atoms with E-state index in [1.807, 2.05) is 25.1 Å². The Labute approximate surface area is 138 Å². The molecule has 0 saturated carbocycles. The van der Waals surface area contributed by atoms with Crippen molar-refractivity contribution in [2.75, 3.05) is 39.5 Å². The van der Waals surface area contributed by atoms with E-state index < -0.39 is 0 Å². The van der Waals surface area contributed by atoms with Crippen LogP contribution in [0, 0.1) is 6.92 Å². The molecule has 2 rings (SSSR count). The average molecular weight is 329 g/mol. The standard InChI is InChI=1S/C17H26ClNO3/c1-13-4-5-16(18)17(10-13)21-9-8-20-7-6-19-11-14(2)22-15(3)12-19/h4-5,10,14-15H,6-9,11-12H2,1-3H3/p+1/t14-,15-/m0/s1. The van der Waals surface area contributed by atoms with E-state index in [4.69, 9.17) is 25.8 Å². The van der Waals surface area contributed by atoms with Crippen molar-refractivity contribution >= 4 is 11.6 Å². The van der Waals surface area contributed by atoms with Gasteiger partial charge in [0.05, 0.1) is 18.2 Å². The number of morpholine rings is 1. The number of hydrogen-bond donors (Lipinski definition) is 1. The van der Waals surface area contributed by atoms with E-state index in [9.17, 15) is 0 Å².